The number of rotatable bonds is 6. The molecule has 0 atom stereocenters. The average molecular weight is 259 g/mol. The van der Waals surface area contributed by atoms with Crippen molar-refractivity contribution < 1.29 is 19.0 Å². The molecule has 5 heteroatoms. The van der Waals surface area contributed by atoms with Gasteiger partial charge in [0.2, 0.25) is 0 Å². The summed E-state index contributed by atoms with van der Waals surface area (Å²) in [5.41, 5.74) is 0.803. The Bertz CT molecular complexity index is 379. The van der Waals surface area contributed by atoms with Gasteiger partial charge < -0.3 is 14.2 Å². The minimum atomic E-state index is -0.407. The van der Waals surface area contributed by atoms with E-state index in [1.807, 2.05) is 0 Å². The second kappa shape index (κ2) is 7.01. The fourth-order valence-electron chi connectivity index (χ4n) is 1.25. The molecule has 0 saturated carbocycles. The van der Waals surface area contributed by atoms with E-state index in [0.717, 1.165) is 5.56 Å². The van der Waals surface area contributed by atoms with Crippen molar-refractivity contribution in [2.45, 2.75) is 12.8 Å². The van der Waals surface area contributed by atoms with Gasteiger partial charge in [-0.25, -0.2) is 4.79 Å². The molecule has 0 aliphatic carbocycles. The molecule has 0 fully saturated rings. The lowest BCUT2D eigenvalue weighted by molar-refractivity contribution is -0.145. The van der Waals surface area contributed by atoms with Crippen molar-refractivity contribution in [1.82, 2.24) is 0 Å². The molecule has 94 valence electrons. The highest BCUT2D eigenvalue weighted by Crippen LogP contribution is 2.26. The van der Waals surface area contributed by atoms with E-state index >= 15 is 0 Å². The second-order valence-electron chi connectivity index (χ2n) is 3.20. The van der Waals surface area contributed by atoms with Crippen molar-refractivity contribution in [3.63, 3.8) is 0 Å². The number of ether oxygens (including phenoxy) is 3. The van der Waals surface area contributed by atoms with E-state index in [1.54, 1.807) is 32.2 Å². The summed E-state index contributed by atoms with van der Waals surface area (Å²) in [6.07, 6.45) is 0. The number of carbonyl (C=O) groups is 1. The average Bonchev–Trinajstić information content (AvgIpc) is 2.36. The molecule has 0 spiro atoms. The number of halogens is 1. The highest BCUT2D eigenvalue weighted by atomic mass is 35.5. The predicted octanol–water partition coefficient (Wildman–Crippen LogP) is 2.38. The molecule has 1 rings (SSSR count). The Kier molecular flexibility index (Phi) is 5.63. The van der Waals surface area contributed by atoms with Crippen LogP contribution >= 0.6 is 11.6 Å². The van der Waals surface area contributed by atoms with Crippen molar-refractivity contribution in [2.24, 2.45) is 0 Å². The van der Waals surface area contributed by atoms with E-state index in [4.69, 9.17) is 25.8 Å². The first-order valence-electron chi connectivity index (χ1n) is 5.22. The van der Waals surface area contributed by atoms with E-state index in [1.165, 1.54) is 0 Å². The van der Waals surface area contributed by atoms with Crippen molar-refractivity contribution in [1.29, 1.82) is 0 Å². The Labute approximate surface area is 105 Å². The fraction of sp³-hybridized carbons (Fsp3) is 0.417. The summed E-state index contributed by atoms with van der Waals surface area (Å²) in [6, 6.07) is 5.28. The van der Waals surface area contributed by atoms with Gasteiger partial charge in [0.05, 0.1) is 19.6 Å². The maximum atomic E-state index is 11.2. The molecular formula is C12H15ClO4. The number of carbonyl (C=O) groups excluding carboxylic acids is 1. The van der Waals surface area contributed by atoms with E-state index in [2.05, 4.69) is 0 Å². The molecule has 1 aromatic carbocycles. The third kappa shape index (κ3) is 4.15. The lowest BCUT2D eigenvalue weighted by atomic mass is 10.2. The van der Waals surface area contributed by atoms with Crippen LogP contribution in [0.2, 0.25) is 0 Å². The summed E-state index contributed by atoms with van der Waals surface area (Å²) in [4.78, 5) is 11.2. The topological polar surface area (TPSA) is 44.8 Å². The molecule has 0 saturated heterocycles. The molecule has 1 aromatic rings. The zero-order valence-electron chi connectivity index (χ0n) is 9.86. The Morgan fingerprint density at radius 1 is 1.41 bits per heavy atom. The van der Waals surface area contributed by atoms with Crippen LogP contribution in [0.3, 0.4) is 0 Å². The van der Waals surface area contributed by atoms with E-state index in [9.17, 15) is 4.79 Å². The summed E-state index contributed by atoms with van der Waals surface area (Å²) in [5.74, 6) is 1.09. The predicted molar refractivity (Wildman–Crippen MR) is 64.7 cm³/mol. The normalized spacial score (nSPS) is 9.82. The van der Waals surface area contributed by atoms with Crippen molar-refractivity contribution in [3.05, 3.63) is 23.8 Å². The van der Waals surface area contributed by atoms with Gasteiger partial charge in [-0.1, -0.05) is 6.07 Å². The van der Waals surface area contributed by atoms with Crippen LogP contribution in [-0.2, 0) is 15.4 Å². The van der Waals surface area contributed by atoms with Gasteiger partial charge >= 0.3 is 5.97 Å². The van der Waals surface area contributed by atoms with Gasteiger partial charge in [0, 0.05) is 11.6 Å². The third-order valence-electron chi connectivity index (χ3n) is 2.07. The van der Waals surface area contributed by atoms with Crippen molar-refractivity contribution in [2.75, 3.05) is 20.3 Å². The monoisotopic (exact) mass is 258 g/mol. The van der Waals surface area contributed by atoms with Crippen LogP contribution in [0.1, 0.15) is 12.5 Å². The van der Waals surface area contributed by atoms with Crippen LogP contribution in [-0.4, -0.2) is 26.3 Å². The summed E-state index contributed by atoms with van der Waals surface area (Å²) < 4.78 is 15.2. The summed E-state index contributed by atoms with van der Waals surface area (Å²) >= 11 is 5.77. The van der Waals surface area contributed by atoms with E-state index in [-0.39, 0.29) is 6.61 Å². The fourth-order valence-corrected chi connectivity index (χ4v) is 1.47. The highest BCUT2D eigenvalue weighted by molar-refractivity contribution is 6.17. The summed E-state index contributed by atoms with van der Waals surface area (Å²) in [6.45, 7) is 1.95. The van der Waals surface area contributed by atoms with Crippen molar-refractivity contribution in [3.8, 4) is 11.5 Å². The number of methoxy groups -OCH3 is 1. The Morgan fingerprint density at radius 2 is 2.18 bits per heavy atom. The standard InChI is InChI=1S/C12H15ClO4/c1-3-16-12(14)8-17-11-6-10(15-2)5-4-9(11)7-13/h4-6H,3,7-8H2,1-2H3. The van der Waals surface area contributed by atoms with Gasteiger partial charge in [0.1, 0.15) is 11.5 Å². The molecule has 0 heterocycles. The minimum Gasteiger partial charge on any atom is -0.497 e. The summed E-state index contributed by atoms with van der Waals surface area (Å²) in [5, 5.41) is 0. The molecule has 0 aliphatic heterocycles. The van der Waals surface area contributed by atoms with Gasteiger partial charge in [-0.2, -0.15) is 0 Å². The largest absolute Gasteiger partial charge is 0.497 e. The Balaban J connectivity index is 2.70. The number of alkyl halides is 1. The smallest absolute Gasteiger partial charge is 0.344 e. The zero-order chi connectivity index (χ0) is 12.7. The first-order valence-corrected chi connectivity index (χ1v) is 5.76. The molecule has 0 amide bonds. The van der Waals surface area contributed by atoms with E-state index < -0.39 is 5.97 Å². The van der Waals surface area contributed by atoms with E-state index in [0.29, 0.717) is 24.0 Å². The quantitative estimate of drug-likeness (QED) is 0.581. The molecule has 0 aromatic heterocycles. The molecule has 0 unspecified atom stereocenters. The maximum absolute atomic E-state index is 11.2. The number of benzene rings is 1. The molecule has 17 heavy (non-hydrogen) atoms. The lowest BCUT2D eigenvalue weighted by Gasteiger charge is -2.10. The minimum absolute atomic E-state index is 0.134. The molecule has 4 nitrogen and oxygen atoms in total. The number of hydrogen-bond donors (Lipinski definition) is 0. The number of hydrogen-bond acceptors (Lipinski definition) is 4. The van der Waals surface area contributed by atoms with Gasteiger partial charge in [-0.05, 0) is 13.0 Å². The first-order chi connectivity index (χ1) is 8.21. The molecule has 0 aliphatic rings. The van der Waals surface area contributed by atoms with Crippen LogP contribution < -0.4 is 9.47 Å². The summed E-state index contributed by atoms with van der Waals surface area (Å²) in [7, 11) is 1.56. The second-order valence-corrected chi connectivity index (χ2v) is 3.47. The highest BCUT2D eigenvalue weighted by Gasteiger charge is 2.08. The van der Waals surface area contributed by atoms with Crippen molar-refractivity contribution >= 4 is 17.6 Å². The number of esters is 1. The van der Waals surface area contributed by atoms with Crippen LogP contribution in [0.4, 0.5) is 0 Å². The SMILES string of the molecule is CCOC(=O)COc1cc(OC)ccc1CCl. The zero-order valence-corrected chi connectivity index (χ0v) is 10.6. The Morgan fingerprint density at radius 3 is 2.76 bits per heavy atom. The van der Waals surface area contributed by atoms with Crippen LogP contribution in [0.5, 0.6) is 11.5 Å². The first kappa shape index (κ1) is 13.6. The van der Waals surface area contributed by atoms with Gasteiger partial charge in [0.15, 0.2) is 6.61 Å². The molecule has 0 N–H and O–H groups in total. The third-order valence-corrected chi connectivity index (χ3v) is 2.36. The van der Waals surface area contributed by atoms with Gasteiger partial charge in [0.25, 0.3) is 0 Å². The van der Waals surface area contributed by atoms with Crippen LogP contribution in [0, 0.1) is 0 Å². The van der Waals surface area contributed by atoms with Gasteiger partial charge in [-0.3, -0.25) is 0 Å². The van der Waals surface area contributed by atoms with Crippen LogP contribution in [0.15, 0.2) is 18.2 Å². The van der Waals surface area contributed by atoms with Gasteiger partial charge in [-0.15, -0.1) is 11.6 Å². The maximum Gasteiger partial charge on any atom is 0.344 e. The Hall–Kier alpha value is -1.42. The molecule has 0 radical (unpaired) electrons. The lowest BCUT2D eigenvalue weighted by Crippen LogP contribution is -2.15. The molecule has 0 bridgehead atoms. The molecular weight excluding hydrogens is 244 g/mol. The van der Waals surface area contributed by atoms with Crippen LogP contribution in [0.25, 0.3) is 0 Å².